The predicted octanol–water partition coefficient (Wildman–Crippen LogP) is 2.73. The summed E-state index contributed by atoms with van der Waals surface area (Å²) in [6, 6.07) is 7.53. The van der Waals surface area contributed by atoms with Crippen molar-refractivity contribution in [2.45, 2.75) is 45.6 Å². The molecule has 0 spiro atoms. The van der Waals surface area contributed by atoms with Crippen molar-refractivity contribution in [3.05, 3.63) is 29.8 Å². The zero-order valence-corrected chi connectivity index (χ0v) is 13.8. The highest BCUT2D eigenvalue weighted by Crippen LogP contribution is 2.24. The zero-order valence-electron chi connectivity index (χ0n) is 13.8. The van der Waals surface area contributed by atoms with Gasteiger partial charge in [0.25, 0.3) is 0 Å². The number of amides is 1. The average molecular weight is 319 g/mol. The zero-order chi connectivity index (χ0) is 16.8. The lowest BCUT2D eigenvalue weighted by Crippen LogP contribution is -2.49. The molecule has 1 aliphatic rings. The summed E-state index contributed by atoms with van der Waals surface area (Å²) >= 11 is 0. The van der Waals surface area contributed by atoms with Crippen molar-refractivity contribution in [2.75, 3.05) is 13.2 Å². The molecule has 0 radical (unpaired) electrons. The van der Waals surface area contributed by atoms with Crippen LogP contribution in [0.4, 0.5) is 0 Å². The third-order valence-corrected chi connectivity index (χ3v) is 4.49. The lowest BCUT2D eigenvalue weighted by molar-refractivity contribution is -0.149. The summed E-state index contributed by atoms with van der Waals surface area (Å²) in [4.78, 5) is 25.4. The van der Waals surface area contributed by atoms with Crippen molar-refractivity contribution in [2.24, 2.45) is 5.92 Å². The Morgan fingerprint density at radius 1 is 1.30 bits per heavy atom. The van der Waals surface area contributed by atoms with Crippen LogP contribution in [0.25, 0.3) is 0 Å². The maximum atomic E-state index is 12.4. The summed E-state index contributed by atoms with van der Waals surface area (Å²) in [5, 5.41) is 9.24. The van der Waals surface area contributed by atoms with Crippen molar-refractivity contribution in [3.63, 3.8) is 0 Å². The Kier molecular flexibility index (Phi) is 6.02. The normalized spacial score (nSPS) is 21.0. The SMILES string of the molecule is CCOc1ccc(CCC(=O)N2CCC[C@H](C(=O)O)[C@@H]2C)cc1. The van der Waals surface area contributed by atoms with E-state index in [1.54, 1.807) is 4.90 Å². The number of nitrogens with zero attached hydrogens (tertiary/aromatic N) is 1. The van der Waals surface area contributed by atoms with Crippen LogP contribution in [0.5, 0.6) is 5.75 Å². The molecule has 1 aromatic rings. The highest BCUT2D eigenvalue weighted by molar-refractivity contribution is 5.79. The molecular weight excluding hydrogens is 294 g/mol. The molecule has 126 valence electrons. The third-order valence-electron chi connectivity index (χ3n) is 4.49. The van der Waals surface area contributed by atoms with Crippen LogP contribution in [-0.4, -0.2) is 41.1 Å². The van der Waals surface area contributed by atoms with E-state index in [1.807, 2.05) is 38.1 Å². The number of benzene rings is 1. The lowest BCUT2D eigenvalue weighted by atomic mass is 9.90. The molecule has 1 heterocycles. The number of rotatable bonds is 6. The molecule has 1 aromatic carbocycles. The second-order valence-electron chi connectivity index (χ2n) is 5.99. The van der Waals surface area contributed by atoms with E-state index < -0.39 is 11.9 Å². The van der Waals surface area contributed by atoms with Crippen LogP contribution in [0.2, 0.25) is 0 Å². The van der Waals surface area contributed by atoms with Crippen LogP contribution in [0.1, 0.15) is 38.7 Å². The van der Waals surface area contributed by atoms with E-state index in [0.717, 1.165) is 17.7 Å². The summed E-state index contributed by atoms with van der Waals surface area (Å²) in [5.41, 5.74) is 1.08. The lowest BCUT2D eigenvalue weighted by Gasteiger charge is -2.37. The summed E-state index contributed by atoms with van der Waals surface area (Å²) in [5.74, 6) is -0.381. The van der Waals surface area contributed by atoms with Gasteiger partial charge in [0.05, 0.1) is 12.5 Å². The van der Waals surface area contributed by atoms with Gasteiger partial charge in [-0.05, 0) is 50.8 Å². The molecule has 2 atom stereocenters. The number of carbonyl (C=O) groups excluding carboxylic acids is 1. The molecule has 5 nitrogen and oxygen atoms in total. The minimum atomic E-state index is -0.804. The van der Waals surface area contributed by atoms with Gasteiger partial charge in [0.1, 0.15) is 5.75 Å². The Morgan fingerprint density at radius 2 is 2.00 bits per heavy atom. The summed E-state index contributed by atoms with van der Waals surface area (Å²) in [7, 11) is 0. The Bertz CT molecular complexity index is 540. The van der Waals surface area contributed by atoms with E-state index in [1.165, 1.54) is 0 Å². The van der Waals surface area contributed by atoms with Crippen molar-refractivity contribution >= 4 is 11.9 Å². The van der Waals surface area contributed by atoms with Gasteiger partial charge in [-0.3, -0.25) is 9.59 Å². The number of aliphatic carboxylic acids is 1. The second-order valence-corrected chi connectivity index (χ2v) is 5.99. The van der Waals surface area contributed by atoms with Gasteiger partial charge in [-0.1, -0.05) is 12.1 Å². The van der Waals surface area contributed by atoms with Crippen LogP contribution >= 0.6 is 0 Å². The molecule has 0 unspecified atom stereocenters. The molecule has 0 saturated carbocycles. The molecule has 1 saturated heterocycles. The van der Waals surface area contributed by atoms with Gasteiger partial charge in [0, 0.05) is 19.0 Å². The number of aryl methyl sites for hydroxylation is 1. The molecule has 0 bridgehead atoms. The van der Waals surface area contributed by atoms with Crippen molar-refractivity contribution in [1.29, 1.82) is 0 Å². The molecule has 2 rings (SSSR count). The van der Waals surface area contributed by atoms with Crippen LogP contribution in [0, 0.1) is 5.92 Å². The van der Waals surface area contributed by atoms with Crippen LogP contribution in [0.3, 0.4) is 0 Å². The first-order valence-electron chi connectivity index (χ1n) is 8.27. The summed E-state index contributed by atoms with van der Waals surface area (Å²) in [6.45, 7) is 5.08. The van der Waals surface area contributed by atoms with Gasteiger partial charge in [0.15, 0.2) is 0 Å². The number of carboxylic acid groups (broad SMARTS) is 1. The third kappa shape index (κ3) is 4.47. The van der Waals surface area contributed by atoms with Crippen LogP contribution < -0.4 is 4.74 Å². The average Bonchev–Trinajstić information content (AvgIpc) is 2.54. The van der Waals surface area contributed by atoms with Crippen molar-refractivity contribution in [3.8, 4) is 5.75 Å². The monoisotopic (exact) mass is 319 g/mol. The largest absolute Gasteiger partial charge is 0.494 e. The van der Waals surface area contributed by atoms with Gasteiger partial charge < -0.3 is 14.7 Å². The Hall–Kier alpha value is -2.04. The maximum absolute atomic E-state index is 12.4. The number of hydrogen-bond donors (Lipinski definition) is 1. The maximum Gasteiger partial charge on any atom is 0.308 e. The summed E-state index contributed by atoms with van der Waals surface area (Å²) in [6.07, 6.45) is 2.48. The highest BCUT2D eigenvalue weighted by atomic mass is 16.5. The van der Waals surface area contributed by atoms with E-state index in [9.17, 15) is 14.7 Å². The molecule has 1 fully saturated rings. The molecule has 23 heavy (non-hydrogen) atoms. The number of carbonyl (C=O) groups is 2. The number of ether oxygens (including phenoxy) is 1. The molecule has 5 heteroatoms. The molecule has 1 N–H and O–H groups in total. The van der Waals surface area contributed by atoms with E-state index in [2.05, 4.69) is 0 Å². The van der Waals surface area contributed by atoms with E-state index in [4.69, 9.17) is 4.74 Å². The minimum Gasteiger partial charge on any atom is -0.494 e. The fraction of sp³-hybridized carbons (Fsp3) is 0.556. The second kappa shape index (κ2) is 7.99. The topological polar surface area (TPSA) is 66.8 Å². The minimum absolute atomic E-state index is 0.0392. The van der Waals surface area contributed by atoms with E-state index >= 15 is 0 Å². The Labute approximate surface area is 137 Å². The smallest absolute Gasteiger partial charge is 0.308 e. The van der Waals surface area contributed by atoms with Crippen LogP contribution in [0.15, 0.2) is 24.3 Å². The van der Waals surface area contributed by atoms with E-state index in [-0.39, 0.29) is 11.9 Å². The Morgan fingerprint density at radius 3 is 2.61 bits per heavy atom. The van der Waals surface area contributed by atoms with Crippen LogP contribution in [-0.2, 0) is 16.0 Å². The number of likely N-dealkylation sites (tertiary alicyclic amines) is 1. The van der Waals surface area contributed by atoms with E-state index in [0.29, 0.717) is 32.4 Å². The standard InChI is InChI=1S/C18H25NO4/c1-3-23-15-9-6-14(7-10-15)8-11-17(20)19-12-4-5-16(13(19)2)18(21)22/h6-7,9-10,13,16H,3-5,8,11-12H2,1-2H3,(H,21,22)/t13-,16-/m0/s1. The van der Waals surface area contributed by atoms with Gasteiger partial charge >= 0.3 is 5.97 Å². The van der Waals surface area contributed by atoms with Crippen molar-refractivity contribution < 1.29 is 19.4 Å². The van der Waals surface area contributed by atoms with Gasteiger partial charge in [-0.2, -0.15) is 0 Å². The highest BCUT2D eigenvalue weighted by Gasteiger charge is 2.34. The van der Waals surface area contributed by atoms with Gasteiger partial charge in [-0.15, -0.1) is 0 Å². The molecular formula is C18H25NO4. The van der Waals surface area contributed by atoms with Crippen molar-refractivity contribution in [1.82, 2.24) is 4.90 Å². The summed E-state index contributed by atoms with van der Waals surface area (Å²) < 4.78 is 5.40. The molecule has 0 aromatic heterocycles. The molecule has 1 aliphatic heterocycles. The van der Waals surface area contributed by atoms with Gasteiger partial charge in [-0.25, -0.2) is 0 Å². The molecule has 0 aliphatic carbocycles. The number of piperidine rings is 1. The first-order chi connectivity index (χ1) is 11.0. The number of hydrogen-bond acceptors (Lipinski definition) is 3. The first-order valence-corrected chi connectivity index (χ1v) is 8.27. The quantitative estimate of drug-likeness (QED) is 0.875. The fourth-order valence-corrected chi connectivity index (χ4v) is 3.14. The first kappa shape index (κ1) is 17.3. The number of carboxylic acids is 1. The molecule has 1 amide bonds. The Balaban J connectivity index is 1.89. The fourth-order valence-electron chi connectivity index (χ4n) is 3.14. The van der Waals surface area contributed by atoms with Gasteiger partial charge in [0.2, 0.25) is 5.91 Å². The predicted molar refractivity (Wildman–Crippen MR) is 87.5 cm³/mol.